The fourth-order valence-electron chi connectivity index (χ4n) is 4.26. The fraction of sp³-hybridized carbons (Fsp3) is 0.462. The molecule has 4 rings (SSSR count). The zero-order valence-corrected chi connectivity index (χ0v) is 20.5. The lowest BCUT2D eigenvalue weighted by Gasteiger charge is -2.31. The van der Waals surface area contributed by atoms with E-state index < -0.39 is 6.09 Å². The first-order valence-electron chi connectivity index (χ1n) is 11.8. The van der Waals surface area contributed by atoms with Gasteiger partial charge in [-0.25, -0.2) is 4.79 Å². The van der Waals surface area contributed by atoms with E-state index in [1.807, 2.05) is 36.0 Å². The predicted octanol–water partition coefficient (Wildman–Crippen LogP) is 3.76. The minimum Gasteiger partial charge on any atom is -0.453 e. The van der Waals surface area contributed by atoms with E-state index in [-0.39, 0.29) is 24.7 Å². The Morgan fingerprint density at radius 2 is 1.94 bits per heavy atom. The second-order valence-corrected chi connectivity index (χ2v) is 10.2. The standard InChI is InChI=1S/C26H33N3O4S/c1-17-7-11-20(12-8-17)34-24-13-21(24)23-15-27-14-19(33-23)10-9-18-5-3-4-6-22(18)29-25(30)16-28-26(31)32-2/h3-8,11-12,19,21,23-24,27H,9-10,13-16H2,1-2H3,(H,28,31)(H,29,30)/t19?,21-,23?,24?/m0/s1. The molecule has 1 aliphatic carbocycles. The zero-order chi connectivity index (χ0) is 23.9. The highest BCUT2D eigenvalue weighted by atomic mass is 32.2. The number of carbonyl (C=O) groups is 2. The second kappa shape index (κ2) is 11.7. The molecule has 4 atom stereocenters. The minimum absolute atomic E-state index is 0.137. The average molecular weight is 484 g/mol. The number of hydrogen-bond donors (Lipinski definition) is 3. The van der Waals surface area contributed by atoms with Crippen molar-refractivity contribution in [1.29, 1.82) is 0 Å². The van der Waals surface area contributed by atoms with Crippen LogP contribution in [0.25, 0.3) is 0 Å². The Kier molecular flexibility index (Phi) is 8.48. The van der Waals surface area contributed by atoms with E-state index in [0.29, 0.717) is 11.2 Å². The van der Waals surface area contributed by atoms with Crippen LogP contribution in [0.1, 0.15) is 24.0 Å². The fourth-order valence-corrected chi connectivity index (χ4v) is 5.57. The third-order valence-corrected chi connectivity index (χ3v) is 7.64. The molecule has 3 N–H and O–H groups in total. The molecule has 2 fully saturated rings. The molecule has 2 aromatic rings. The Hall–Kier alpha value is -2.55. The summed E-state index contributed by atoms with van der Waals surface area (Å²) >= 11 is 1.96. The van der Waals surface area contributed by atoms with Gasteiger partial charge in [-0.1, -0.05) is 35.9 Å². The van der Waals surface area contributed by atoms with E-state index in [2.05, 4.69) is 51.9 Å². The number of hydrogen-bond acceptors (Lipinski definition) is 6. The van der Waals surface area contributed by atoms with Crippen LogP contribution >= 0.6 is 11.8 Å². The number of para-hydroxylation sites is 1. The summed E-state index contributed by atoms with van der Waals surface area (Å²) in [4.78, 5) is 24.7. The van der Waals surface area contributed by atoms with Crippen LogP contribution in [0.3, 0.4) is 0 Å². The monoisotopic (exact) mass is 483 g/mol. The van der Waals surface area contributed by atoms with Crippen molar-refractivity contribution in [2.75, 3.05) is 32.1 Å². The average Bonchev–Trinajstić information content (AvgIpc) is 3.62. The van der Waals surface area contributed by atoms with Crippen LogP contribution in [-0.2, 0) is 20.7 Å². The Morgan fingerprint density at radius 1 is 1.15 bits per heavy atom. The van der Waals surface area contributed by atoms with Gasteiger partial charge in [0.25, 0.3) is 0 Å². The predicted molar refractivity (Wildman–Crippen MR) is 134 cm³/mol. The minimum atomic E-state index is -0.630. The maximum Gasteiger partial charge on any atom is 0.407 e. The number of methoxy groups -OCH3 is 1. The van der Waals surface area contributed by atoms with E-state index in [1.54, 1.807) is 0 Å². The number of rotatable bonds is 9. The topological polar surface area (TPSA) is 88.7 Å². The normalized spacial score (nSPS) is 23.7. The lowest BCUT2D eigenvalue weighted by molar-refractivity contribution is -0.115. The number of benzene rings is 2. The lowest BCUT2D eigenvalue weighted by atomic mass is 10.0. The van der Waals surface area contributed by atoms with Gasteiger partial charge in [0, 0.05) is 28.9 Å². The first kappa shape index (κ1) is 24.6. The van der Waals surface area contributed by atoms with Gasteiger partial charge in [0.1, 0.15) is 6.54 Å². The quantitative estimate of drug-likeness (QED) is 0.503. The Balaban J connectivity index is 1.24. The molecule has 0 bridgehead atoms. The Morgan fingerprint density at radius 3 is 2.74 bits per heavy atom. The Labute approximate surface area is 205 Å². The highest BCUT2D eigenvalue weighted by Crippen LogP contribution is 2.48. The number of alkyl carbamates (subject to hydrolysis) is 1. The van der Waals surface area contributed by atoms with E-state index in [1.165, 1.54) is 24.0 Å². The number of aryl methyl sites for hydroxylation is 2. The van der Waals surface area contributed by atoms with Crippen LogP contribution in [0, 0.1) is 12.8 Å². The van der Waals surface area contributed by atoms with Gasteiger partial charge in [-0.3, -0.25) is 4.79 Å². The number of carbonyl (C=O) groups excluding carboxylic acids is 2. The molecule has 3 unspecified atom stereocenters. The molecular weight excluding hydrogens is 450 g/mol. The molecule has 1 saturated carbocycles. The maximum absolute atomic E-state index is 12.2. The van der Waals surface area contributed by atoms with Gasteiger partial charge in [-0.05, 0) is 55.9 Å². The van der Waals surface area contributed by atoms with E-state index in [4.69, 9.17) is 4.74 Å². The van der Waals surface area contributed by atoms with Crippen molar-refractivity contribution in [2.45, 2.75) is 48.5 Å². The summed E-state index contributed by atoms with van der Waals surface area (Å²) < 4.78 is 11.0. The van der Waals surface area contributed by atoms with E-state index in [0.717, 1.165) is 37.2 Å². The van der Waals surface area contributed by atoms with Crippen LogP contribution in [-0.4, -0.2) is 56.2 Å². The van der Waals surface area contributed by atoms with Crippen molar-refractivity contribution in [3.8, 4) is 0 Å². The molecule has 1 aliphatic heterocycles. The van der Waals surface area contributed by atoms with Crippen molar-refractivity contribution in [3.63, 3.8) is 0 Å². The number of thioether (sulfide) groups is 1. The van der Waals surface area contributed by atoms with Gasteiger partial charge in [-0.15, -0.1) is 11.8 Å². The van der Waals surface area contributed by atoms with Crippen LogP contribution in [0.2, 0.25) is 0 Å². The van der Waals surface area contributed by atoms with Crippen molar-refractivity contribution in [2.24, 2.45) is 5.92 Å². The number of ether oxygens (including phenoxy) is 2. The van der Waals surface area contributed by atoms with Gasteiger partial charge in [0.2, 0.25) is 5.91 Å². The zero-order valence-electron chi connectivity index (χ0n) is 19.7. The first-order chi connectivity index (χ1) is 16.5. The number of nitrogens with one attached hydrogen (secondary N) is 3. The van der Waals surface area contributed by atoms with Gasteiger partial charge in [0.15, 0.2) is 0 Å². The summed E-state index contributed by atoms with van der Waals surface area (Å²) in [6.07, 6.45) is 2.64. The molecule has 2 amide bonds. The maximum atomic E-state index is 12.2. The molecule has 2 aliphatic rings. The third kappa shape index (κ3) is 6.98. The molecule has 0 spiro atoms. The van der Waals surface area contributed by atoms with Crippen LogP contribution in [0.5, 0.6) is 0 Å². The van der Waals surface area contributed by atoms with Crippen LogP contribution in [0.4, 0.5) is 10.5 Å². The largest absolute Gasteiger partial charge is 0.453 e. The molecule has 34 heavy (non-hydrogen) atoms. The summed E-state index contributed by atoms with van der Waals surface area (Å²) in [6, 6.07) is 16.5. The number of anilines is 1. The van der Waals surface area contributed by atoms with E-state index in [9.17, 15) is 9.59 Å². The highest BCUT2D eigenvalue weighted by Gasteiger charge is 2.45. The Bertz CT molecular complexity index is 984. The molecule has 0 radical (unpaired) electrons. The van der Waals surface area contributed by atoms with Crippen LogP contribution < -0.4 is 16.0 Å². The molecule has 182 valence electrons. The number of morpholine rings is 1. The van der Waals surface area contributed by atoms with Gasteiger partial charge >= 0.3 is 6.09 Å². The lowest BCUT2D eigenvalue weighted by Crippen LogP contribution is -2.46. The van der Waals surface area contributed by atoms with Gasteiger partial charge in [0.05, 0.1) is 19.3 Å². The van der Waals surface area contributed by atoms with Gasteiger partial charge < -0.3 is 25.4 Å². The molecule has 7 nitrogen and oxygen atoms in total. The van der Waals surface area contributed by atoms with Gasteiger partial charge in [-0.2, -0.15) is 0 Å². The first-order valence-corrected chi connectivity index (χ1v) is 12.7. The SMILES string of the molecule is COC(=O)NCC(=O)Nc1ccccc1CCC1CNCC([C@@H]2CC2Sc2ccc(C)cc2)O1. The summed E-state index contributed by atoms with van der Waals surface area (Å²) in [6.45, 7) is 3.73. The molecule has 1 saturated heterocycles. The smallest absolute Gasteiger partial charge is 0.407 e. The van der Waals surface area contributed by atoms with Crippen molar-refractivity contribution in [1.82, 2.24) is 10.6 Å². The van der Waals surface area contributed by atoms with Crippen molar-refractivity contribution < 1.29 is 19.1 Å². The summed E-state index contributed by atoms with van der Waals surface area (Å²) in [7, 11) is 1.27. The van der Waals surface area contributed by atoms with Crippen molar-refractivity contribution >= 4 is 29.4 Å². The van der Waals surface area contributed by atoms with Crippen LogP contribution in [0.15, 0.2) is 53.4 Å². The summed E-state index contributed by atoms with van der Waals surface area (Å²) in [5.41, 5.74) is 3.11. The second-order valence-electron chi connectivity index (χ2n) is 8.91. The molecule has 1 heterocycles. The summed E-state index contributed by atoms with van der Waals surface area (Å²) in [5, 5.41) is 9.46. The third-order valence-electron chi connectivity index (χ3n) is 6.26. The molecular formula is C26H33N3O4S. The number of amides is 2. The molecule has 8 heteroatoms. The van der Waals surface area contributed by atoms with Crippen molar-refractivity contribution in [3.05, 3.63) is 59.7 Å². The summed E-state index contributed by atoms with van der Waals surface area (Å²) in [5.74, 6) is 0.301. The highest BCUT2D eigenvalue weighted by molar-refractivity contribution is 8.00. The molecule has 0 aromatic heterocycles. The van der Waals surface area contributed by atoms with E-state index >= 15 is 0 Å². The molecule has 2 aromatic carbocycles.